The normalized spacial score (nSPS) is 25.3. The predicted octanol–water partition coefficient (Wildman–Crippen LogP) is 3.54. The SMILES string of the molecule is O=C(CS[C@H]1C(=O)N(c2ccccc2)[C@@H]1c1ccc(-c2cccc(O)c2)cc1O[C@@H]1OC(C(=O)O)[C@@H](O)C(O)C1O)c1ccc(F)cc1. The average Bonchev–Trinajstić information content (AvgIpc) is 3.08. The van der Waals surface area contributed by atoms with Crippen molar-refractivity contribution in [3.8, 4) is 22.6 Å². The van der Waals surface area contributed by atoms with E-state index in [1.807, 2.05) is 0 Å². The number of aliphatic hydroxyl groups is 3. The quantitative estimate of drug-likeness (QED) is 0.123. The molecule has 13 heteroatoms. The Balaban J connectivity index is 1.40. The van der Waals surface area contributed by atoms with E-state index in [1.165, 1.54) is 41.3 Å². The van der Waals surface area contributed by atoms with Crippen molar-refractivity contribution in [3.63, 3.8) is 0 Å². The lowest BCUT2D eigenvalue weighted by atomic mass is 9.90. The molecule has 6 rings (SSSR count). The number of thioether (sulfide) groups is 1. The van der Waals surface area contributed by atoms with Crippen molar-refractivity contribution < 1.29 is 53.8 Å². The van der Waals surface area contributed by atoms with Gasteiger partial charge in [-0.15, -0.1) is 11.8 Å². The second-order valence-electron chi connectivity index (χ2n) is 11.3. The average molecular weight is 676 g/mol. The number of ether oxygens (including phenoxy) is 2. The zero-order valence-electron chi connectivity index (χ0n) is 25.0. The molecule has 1 amide bonds. The number of carbonyl (C=O) groups is 3. The molecule has 11 nitrogen and oxygen atoms in total. The third-order valence-electron chi connectivity index (χ3n) is 8.21. The molecule has 3 unspecified atom stereocenters. The first-order valence-electron chi connectivity index (χ1n) is 14.8. The van der Waals surface area contributed by atoms with Gasteiger partial charge in [-0.2, -0.15) is 0 Å². The van der Waals surface area contributed by atoms with Crippen molar-refractivity contribution in [3.05, 3.63) is 114 Å². The van der Waals surface area contributed by atoms with Crippen molar-refractivity contribution >= 4 is 35.1 Å². The Bertz CT molecular complexity index is 1820. The largest absolute Gasteiger partial charge is 0.508 e. The molecule has 0 radical (unpaired) electrons. The molecule has 2 heterocycles. The molecule has 0 aromatic heterocycles. The van der Waals surface area contributed by atoms with Gasteiger partial charge < -0.3 is 39.9 Å². The summed E-state index contributed by atoms with van der Waals surface area (Å²) in [6, 6.07) is 24.4. The topological polar surface area (TPSA) is 174 Å². The maximum Gasteiger partial charge on any atom is 0.335 e. The number of ketones is 1. The van der Waals surface area contributed by atoms with E-state index < -0.39 is 53.8 Å². The number of anilines is 1. The number of carbonyl (C=O) groups excluding carboxylic acids is 2. The van der Waals surface area contributed by atoms with E-state index in [4.69, 9.17) is 9.47 Å². The van der Waals surface area contributed by atoms with Gasteiger partial charge in [0.2, 0.25) is 12.2 Å². The standard InChI is InChI=1S/C35H30FNO10S/c36-21-12-9-18(10-13-21)25(39)17-48-32-27(37(33(32)43)22-6-2-1-3-7-22)24-14-11-20(19-5-4-8-23(38)15-19)16-26(24)46-35-30(42)28(40)29(41)31(47-35)34(44)45/h1-16,27-32,35,38,40-42H,17H2,(H,44,45)/t27-,28?,29+,30?,31?,32-,35-/m1/s1. The molecular weight excluding hydrogens is 645 g/mol. The van der Waals surface area contributed by atoms with Crippen LogP contribution in [0.3, 0.4) is 0 Å². The highest BCUT2D eigenvalue weighted by molar-refractivity contribution is 8.01. The van der Waals surface area contributed by atoms with Gasteiger partial charge in [-0.3, -0.25) is 9.59 Å². The fourth-order valence-corrected chi connectivity index (χ4v) is 6.91. The van der Waals surface area contributed by atoms with Crippen LogP contribution in [0.25, 0.3) is 11.1 Å². The number of halogens is 1. The number of Topliss-reactive ketones (excluding diaryl/α,β-unsaturated/α-hetero) is 1. The molecule has 2 saturated heterocycles. The van der Waals surface area contributed by atoms with Crippen LogP contribution in [0, 0.1) is 5.82 Å². The number of para-hydroxylation sites is 1. The summed E-state index contributed by atoms with van der Waals surface area (Å²) >= 11 is 1.09. The molecule has 2 aliphatic rings. The third kappa shape index (κ3) is 6.50. The van der Waals surface area contributed by atoms with E-state index in [0.29, 0.717) is 22.4 Å². The molecule has 4 aromatic carbocycles. The molecule has 48 heavy (non-hydrogen) atoms. The molecule has 4 aromatic rings. The van der Waals surface area contributed by atoms with Crippen molar-refractivity contribution in [1.29, 1.82) is 0 Å². The lowest BCUT2D eigenvalue weighted by Gasteiger charge is -2.47. The van der Waals surface area contributed by atoms with Gasteiger partial charge in [-0.05, 0) is 65.7 Å². The van der Waals surface area contributed by atoms with Crippen molar-refractivity contribution in [2.75, 3.05) is 10.7 Å². The van der Waals surface area contributed by atoms with Gasteiger partial charge in [-0.25, -0.2) is 9.18 Å². The smallest absolute Gasteiger partial charge is 0.335 e. The summed E-state index contributed by atoms with van der Waals surface area (Å²) < 4.78 is 25.0. The number of β-lactam (4-membered cyclic amide) rings is 1. The fraction of sp³-hybridized carbons (Fsp3) is 0.229. The number of hydrogen-bond acceptors (Lipinski definition) is 10. The van der Waals surface area contributed by atoms with Crippen LogP contribution in [0.2, 0.25) is 0 Å². The molecule has 248 valence electrons. The molecule has 0 spiro atoms. The number of carboxylic acids is 1. The minimum Gasteiger partial charge on any atom is -0.508 e. The van der Waals surface area contributed by atoms with Crippen LogP contribution in [-0.2, 0) is 14.3 Å². The monoisotopic (exact) mass is 675 g/mol. The van der Waals surface area contributed by atoms with Gasteiger partial charge in [-0.1, -0.05) is 42.5 Å². The third-order valence-corrected chi connectivity index (χ3v) is 9.46. The van der Waals surface area contributed by atoms with Crippen LogP contribution >= 0.6 is 11.8 Å². The highest BCUT2D eigenvalue weighted by Crippen LogP contribution is 2.49. The number of aliphatic carboxylic acids is 1. The predicted molar refractivity (Wildman–Crippen MR) is 172 cm³/mol. The zero-order chi connectivity index (χ0) is 34.1. The van der Waals surface area contributed by atoms with Crippen molar-refractivity contribution in [2.45, 2.75) is 42.0 Å². The Kier molecular flexibility index (Phi) is 9.49. The van der Waals surface area contributed by atoms with E-state index in [0.717, 1.165) is 11.8 Å². The molecule has 0 bridgehead atoms. The van der Waals surface area contributed by atoms with Crippen molar-refractivity contribution in [2.24, 2.45) is 0 Å². The molecule has 2 fully saturated rings. The summed E-state index contributed by atoms with van der Waals surface area (Å²) in [5, 5.41) is 50.3. The van der Waals surface area contributed by atoms with E-state index in [-0.39, 0.29) is 34.5 Å². The van der Waals surface area contributed by atoms with Crippen LogP contribution in [0.5, 0.6) is 11.5 Å². The van der Waals surface area contributed by atoms with Crippen LogP contribution in [0.4, 0.5) is 10.1 Å². The maximum absolute atomic E-state index is 13.7. The Hall–Kier alpha value is -4.79. The molecular formula is C35H30FNO10S. The van der Waals surface area contributed by atoms with Gasteiger partial charge in [0.1, 0.15) is 40.9 Å². The number of aromatic hydroxyl groups is 1. The molecule has 7 atom stereocenters. The summed E-state index contributed by atoms with van der Waals surface area (Å²) in [4.78, 5) is 40.0. The highest BCUT2D eigenvalue weighted by atomic mass is 32.2. The number of nitrogens with zero attached hydrogens (tertiary/aromatic N) is 1. The number of amides is 1. The van der Waals surface area contributed by atoms with E-state index >= 15 is 0 Å². The second kappa shape index (κ2) is 13.7. The van der Waals surface area contributed by atoms with Gasteiger partial charge in [0.15, 0.2) is 11.9 Å². The van der Waals surface area contributed by atoms with Crippen LogP contribution in [-0.4, -0.2) is 84.9 Å². The van der Waals surface area contributed by atoms with Gasteiger partial charge in [0.25, 0.3) is 0 Å². The maximum atomic E-state index is 13.7. The zero-order valence-corrected chi connectivity index (χ0v) is 25.8. The van der Waals surface area contributed by atoms with Crippen LogP contribution < -0.4 is 9.64 Å². The Morgan fingerprint density at radius 2 is 1.56 bits per heavy atom. The first-order valence-corrected chi connectivity index (χ1v) is 15.9. The fourth-order valence-electron chi connectivity index (χ4n) is 5.71. The number of phenolic OH excluding ortho intramolecular Hbond substituents is 1. The summed E-state index contributed by atoms with van der Waals surface area (Å²) in [7, 11) is 0. The number of aliphatic hydroxyl groups excluding tert-OH is 3. The minimum absolute atomic E-state index is 0.00591. The second-order valence-corrected chi connectivity index (χ2v) is 12.4. The molecule has 0 aliphatic carbocycles. The first kappa shape index (κ1) is 33.1. The van der Waals surface area contributed by atoms with E-state index in [9.17, 15) is 44.3 Å². The number of benzene rings is 4. The lowest BCUT2D eigenvalue weighted by Crippen LogP contribution is -2.61. The summed E-state index contributed by atoms with van der Waals surface area (Å²) in [6.07, 6.45) is -9.39. The molecule has 5 N–H and O–H groups in total. The first-order chi connectivity index (χ1) is 23.0. The van der Waals surface area contributed by atoms with Crippen LogP contribution in [0.1, 0.15) is 22.0 Å². The number of carboxylic acid groups (broad SMARTS) is 1. The van der Waals surface area contributed by atoms with Gasteiger partial charge in [0.05, 0.1) is 11.8 Å². The Morgan fingerprint density at radius 3 is 2.25 bits per heavy atom. The summed E-state index contributed by atoms with van der Waals surface area (Å²) in [5.41, 5.74) is 2.35. The highest BCUT2D eigenvalue weighted by Gasteiger charge is 2.52. The lowest BCUT2D eigenvalue weighted by molar-refractivity contribution is -0.271. The van der Waals surface area contributed by atoms with Crippen molar-refractivity contribution in [1.82, 2.24) is 0 Å². The number of phenols is 1. The van der Waals surface area contributed by atoms with E-state index in [2.05, 4.69) is 0 Å². The summed E-state index contributed by atoms with van der Waals surface area (Å²) in [6.45, 7) is 0. The van der Waals surface area contributed by atoms with Crippen LogP contribution in [0.15, 0.2) is 97.1 Å². The Labute approximate surface area is 277 Å². The summed E-state index contributed by atoms with van der Waals surface area (Å²) in [5.74, 6) is -2.76. The Morgan fingerprint density at radius 1 is 0.854 bits per heavy atom. The number of hydrogen-bond donors (Lipinski definition) is 5. The minimum atomic E-state index is -1.94. The molecule has 0 saturated carbocycles. The van der Waals surface area contributed by atoms with Gasteiger partial charge in [0, 0.05) is 16.8 Å². The van der Waals surface area contributed by atoms with Gasteiger partial charge >= 0.3 is 5.97 Å². The van der Waals surface area contributed by atoms with E-state index in [1.54, 1.807) is 60.7 Å². The molecule has 2 aliphatic heterocycles. The number of rotatable bonds is 10.